The Labute approximate surface area is 145 Å². The lowest BCUT2D eigenvalue weighted by atomic mass is 9.91. The second-order valence-electron chi connectivity index (χ2n) is 7.02. The summed E-state index contributed by atoms with van der Waals surface area (Å²) in [6.45, 7) is 5.55. The number of carbonyl (C=O) groups is 1. The molecule has 2 aliphatic heterocycles. The molecular weight excluding hydrogens is 356 g/mol. The van der Waals surface area contributed by atoms with E-state index < -0.39 is 0 Å². The highest BCUT2D eigenvalue weighted by molar-refractivity contribution is 9.10. The first kappa shape index (κ1) is 15.4. The van der Waals surface area contributed by atoms with E-state index in [2.05, 4.69) is 36.0 Å². The van der Waals surface area contributed by atoms with Crippen molar-refractivity contribution in [2.45, 2.75) is 19.3 Å². The Morgan fingerprint density at radius 3 is 2.61 bits per heavy atom. The predicted octanol–water partition coefficient (Wildman–Crippen LogP) is 1.88. The molecule has 6 heteroatoms. The van der Waals surface area contributed by atoms with Gasteiger partial charge in [-0.3, -0.25) is 4.79 Å². The third kappa shape index (κ3) is 2.98. The van der Waals surface area contributed by atoms with Crippen LogP contribution in [0.4, 0.5) is 5.82 Å². The van der Waals surface area contributed by atoms with Crippen molar-refractivity contribution < 1.29 is 4.79 Å². The van der Waals surface area contributed by atoms with Crippen molar-refractivity contribution in [2.24, 2.45) is 11.3 Å². The fourth-order valence-electron chi connectivity index (χ4n) is 4.11. The van der Waals surface area contributed by atoms with E-state index in [1.54, 1.807) is 0 Å². The largest absolute Gasteiger partial charge is 0.353 e. The smallest absolute Gasteiger partial charge is 0.226 e. The van der Waals surface area contributed by atoms with Gasteiger partial charge in [0.1, 0.15) is 5.82 Å². The van der Waals surface area contributed by atoms with Gasteiger partial charge in [-0.15, -0.1) is 0 Å². The number of halogens is 1. The second kappa shape index (κ2) is 6.06. The van der Waals surface area contributed by atoms with Crippen molar-refractivity contribution in [1.29, 1.82) is 0 Å². The molecule has 0 bridgehead atoms. The van der Waals surface area contributed by atoms with Crippen LogP contribution in [-0.4, -0.2) is 55.1 Å². The third-order valence-corrected chi connectivity index (χ3v) is 6.18. The normalized spacial score (nSPS) is 26.4. The van der Waals surface area contributed by atoms with Crippen molar-refractivity contribution in [1.82, 2.24) is 15.2 Å². The van der Waals surface area contributed by atoms with Gasteiger partial charge in [0.25, 0.3) is 0 Å². The molecule has 0 aromatic carbocycles. The fourth-order valence-corrected chi connectivity index (χ4v) is 4.34. The minimum atomic E-state index is 0.293. The molecule has 1 atom stereocenters. The molecular formula is C17H23BrN4O. The summed E-state index contributed by atoms with van der Waals surface area (Å²) in [4.78, 5) is 21.6. The van der Waals surface area contributed by atoms with Crippen LogP contribution in [0.5, 0.6) is 0 Å². The highest BCUT2D eigenvalue weighted by atomic mass is 79.9. The highest BCUT2D eigenvalue weighted by Crippen LogP contribution is 2.59. The summed E-state index contributed by atoms with van der Waals surface area (Å²) in [7, 11) is 0. The lowest BCUT2D eigenvalue weighted by Crippen LogP contribution is -2.50. The number of anilines is 1. The van der Waals surface area contributed by atoms with Crippen LogP contribution >= 0.6 is 15.9 Å². The van der Waals surface area contributed by atoms with E-state index in [9.17, 15) is 4.79 Å². The Morgan fingerprint density at radius 2 is 1.96 bits per heavy atom. The maximum absolute atomic E-state index is 12.8. The molecule has 1 unspecified atom stereocenters. The summed E-state index contributed by atoms with van der Waals surface area (Å²) in [6, 6.07) is 4.05. The van der Waals surface area contributed by atoms with Crippen molar-refractivity contribution >= 4 is 27.7 Å². The van der Waals surface area contributed by atoms with Gasteiger partial charge in [0, 0.05) is 42.8 Å². The van der Waals surface area contributed by atoms with Crippen molar-refractivity contribution in [2.75, 3.05) is 44.2 Å². The summed E-state index contributed by atoms with van der Waals surface area (Å²) in [5.41, 5.74) is 0.340. The number of rotatable bonds is 2. The zero-order valence-electron chi connectivity index (χ0n) is 13.3. The SMILES string of the molecule is O=C(C1CC12CCNCC2)N1CCN(c2ccc(Br)cn2)CC1. The monoisotopic (exact) mass is 378 g/mol. The average molecular weight is 379 g/mol. The van der Waals surface area contributed by atoms with E-state index in [4.69, 9.17) is 0 Å². The summed E-state index contributed by atoms with van der Waals surface area (Å²) in [5.74, 6) is 1.69. The van der Waals surface area contributed by atoms with Crippen LogP contribution in [0.3, 0.4) is 0 Å². The van der Waals surface area contributed by atoms with E-state index in [1.807, 2.05) is 18.3 Å². The summed E-state index contributed by atoms with van der Waals surface area (Å²) in [5, 5.41) is 3.41. The number of hydrogen-bond donors (Lipinski definition) is 1. The molecule has 124 valence electrons. The van der Waals surface area contributed by atoms with Crippen LogP contribution in [0.1, 0.15) is 19.3 Å². The van der Waals surface area contributed by atoms with Gasteiger partial charge in [0.2, 0.25) is 5.91 Å². The van der Waals surface area contributed by atoms with E-state index in [0.29, 0.717) is 17.2 Å². The number of pyridine rings is 1. The molecule has 1 amide bonds. The summed E-state index contributed by atoms with van der Waals surface area (Å²) in [6.07, 6.45) is 5.29. The molecule has 3 aliphatic rings. The van der Waals surface area contributed by atoms with Crippen LogP contribution in [0, 0.1) is 11.3 Å². The van der Waals surface area contributed by atoms with Crippen LogP contribution in [0.25, 0.3) is 0 Å². The Morgan fingerprint density at radius 1 is 1.22 bits per heavy atom. The van der Waals surface area contributed by atoms with Crippen LogP contribution in [-0.2, 0) is 4.79 Å². The fraction of sp³-hybridized carbons (Fsp3) is 0.647. The summed E-state index contributed by atoms with van der Waals surface area (Å²) >= 11 is 3.42. The van der Waals surface area contributed by atoms with Gasteiger partial charge in [-0.25, -0.2) is 4.98 Å². The van der Waals surface area contributed by atoms with Crippen LogP contribution in [0.2, 0.25) is 0 Å². The zero-order chi connectivity index (χ0) is 15.9. The van der Waals surface area contributed by atoms with Gasteiger partial charge in [-0.2, -0.15) is 0 Å². The third-order valence-electron chi connectivity index (χ3n) is 5.71. The zero-order valence-corrected chi connectivity index (χ0v) is 14.9. The Hall–Kier alpha value is -1.14. The maximum atomic E-state index is 12.8. The van der Waals surface area contributed by atoms with E-state index in [1.165, 1.54) is 12.8 Å². The first-order valence-corrected chi connectivity index (χ1v) is 9.33. The molecule has 1 N–H and O–H groups in total. The number of amides is 1. The molecule has 1 saturated carbocycles. The molecule has 0 radical (unpaired) electrons. The molecule has 5 nitrogen and oxygen atoms in total. The molecule has 1 aromatic heterocycles. The Kier molecular flexibility index (Phi) is 4.05. The number of piperazine rings is 1. The molecule has 1 spiro atoms. The predicted molar refractivity (Wildman–Crippen MR) is 93.4 cm³/mol. The molecule has 1 aromatic rings. The first-order valence-electron chi connectivity index (χ1n) is 8.54. The number of hydrogen-bond acceptors (Lipinski definition) is 4. The molecule has 4 rings (SSSR count). The van der Waals surface area contributed by atoms with Crippen molar-refractivity contribution in [3.05, 3.63) is 22.8 Å². The number of nitrogens with one attached hydrogen (secondary N) is 1. The van der Waals surface area contributed by atoms with Gasteiger partial charge in [0.05, 0.1) is 0 Å². The van der Waals surface area contributed by atoms with Crippen molar-refractivity contribution in [3.63, 3.8) is 0 Å². The van der Waals surface area contributed by atoms with E-state index in [-0.39, 0.29) is 0 Å². The molecule has 2 saturated heterocycles. The first-order chi connectivity index (χ1) is 11.2. The number of nitrogens with zero attached hydrogens (tertiary/aromatic N) is 3. The Bertz CT molecular complexity index is 577. The van der Waals surface area contributed by atoms with Gasteiger partial charge in [-0.1, -0.05) is 0 Å². The molecule has 3 heterocycles. The molecule has 23 heavy (non-hydrogen) atoms. The van der Waals surface area contributed by atoms with Gasteiger partial charge < -0.3 is 15.1 Å². The van der Waals surface area contributed by atoms with Crippen molar-refractivity contribution in [3.8, 4) is 0 Å². The maximum Gasteiger partial charge on any atom is 0.226 e. The topological polar surface area (TPSA) is 48.5 Å². The lowest BCUT2D eigenvalue weighted by Gasteiger charge is -2.36. The average Bonchev–Trinajstić information content (AvgIpc) is 3.28. The van der Waals surface area contributed by atoms with E-state index >= 15 is 0 Å². The standard InChI is InChI=1S/C17H23BrN4O/c18-13-1-2-15(20-12-13)21-7-9-22(10-8-21)16(23)14-11-17(14)3-5-19-6-4-17/h1-2,12,14,19H,3-11H2. The number of piperidine rings is 1. The minimum absolute atomic E-state index is 0.293. The number of carbonyl (C=O) groups excluding carboxylic acids is 1. The van der Waals surface area contributed by atoms with Gasteiger partial charge >= 0.3 is 0 Å². The van der Waals surface area contributed by atoms with Gasteiger partial charge in [0.15, 0.2) is 0 Å². The number of aromatic nitrogens is 1. The lowest BCUT2D eigenvalue weighted by molar-refractivity contribution is -0.133. The quantitative estimate of drug-likeness (QED) is 0.853. The van der Waals surface area contributed by atoms with E-state index in [0.717, 1.165) is 56.0 Å². The van der Waals surface area contributed by atoms with Gasteiger partial charge in [-0.05, 0) is 65.8 Å². The molecule has 3 fully saturated rings. The van der Waals surface area contributed by atoms with Crippen LogP contribution in [0.15, 0.2) is 22.8 Å². The second-order valence-corrected chi connectivity index (χ2v) is 7.93. The highest BCUT2D eigenvalue weighted by Gasteiger charge is 2.58. The van der Waals surface area contributed by atoms with Crippen LogP contribution < -0.4 is 10.2 Å². The Balaban J connectivity index is 1.33. The molecule has 1 aliphatic carbocycles. The summed E-state index contributed by atoms with van der Waals surface area (Å²) < 4.78 is 0.996. The minimum Gasteiger partial charge on any atom is -0.353 e.